The van der Waals surface area contributed by atoms with E-state index in [0.29, 0.717) is 0 Å². The molecule has 0 bridgehead atoms. The minimum Gasteiger partial charge on any atom is -1.00 e. The molecule has 4 rings (SSSR count). The predicted octanol–water partition coefficient (Wildman–Crippen LogP) is -0.708. The Morgan fingerprint density at radius 1 is 1.23 bits per heavy atom. The molecule has 2 aliphatic carbocycles. The van der Waals surface area contributed by atoms with E-state index >= 15 is 0 Å². The summed E-state index contributed by atoms with van der Waals surface area (Å²) >= 11 is -0.732. The predicted molar refractivity (Wildman–Crippen MR) is 84.9 cm³/mol. The Bertz CT molecular complexity index is 648. The van der Waals surface area contributed by atoms with Crippen LogP contribution in [0.2, 0.25) is 0 Å². The van der Waals surface area contributed by atoms with Crippen molar-refractivity contribution in [2.24, 2.45) is 0 Å². The van der Waals surface area contributed by atoms with Gasteiger partial charge in [-0.05, 0) is 0 Å². The zero-order chi connectivity index (χ0) is 13.5. The summed E-state index contributed by atoms with van der Waals surface area (Å²) in [6.45, 7) is 2.34. The molecule has 22 heavy (non-hydrogen) atoms. The van der Waals surface area contributed by atoms with E-state index < -0.39 is 22.9 Å². The first kappa shape index (κ1) is 17.9. The Labute approximate surface area is 143 Å². The largest absolute Gasteiger partial charge is 1.00 e. The van der Waals surface area contributed by atoms with Gasteiger partial charge in [-0.25, -0.2) is 0 Å². The SMILES string of the molecule is CCCP1CC2=CC[C]([Hf+2][CH]3C=Cc4ccccc43)=C21.[F-].[F-]. The zero-order valence-corrected chi connectivity index (χ0v) is 17.1. The van der Waals surface area contributed by atoms with Gasteiger partial charge in [0.2, 0.25) is 0 Å². The molecule has 4 heteroatoms. The van der Waals surface area contributed by atoms with E-state index in [2.05, 4.69) is 49.4 Å². The van der Waals surface area contributed by atoms with Crippen LogP contribution in [-0.2, 0) is 22.9 Å². The van der Waals surface area contributed by atoms with E-state index in [0.717, 1.165) is 3.67 Å². The second kappa shape index (κ2) is 7.45. The van der Waals surface area contributed by atoms with E-state index in [1.165, 1.54) is 30.7 Å². The van der Waals surface area contributed by atoms with Gasteiger partial charge in [-0.15, -0.1) is 0 Å². The summed E-state index contributed by atoms with van der Waals surface area (Å²) in [6.07, 6.45) is 13.0. The van der Waals surface area contributed by atoms with E-state index in [1.807, 2.05) is 8.64 Å². The minimum absolute atomic E-state index is 0. The van der Waals surface area contributed by atoms with Gasteiger partial charge in [0.05, 0.1) is 0 Å². The number of benzene rings is 1. The van der Waals surface area contributed by atoms with Gasteiger partial charge >= 0.3 is 134 Å². The third-order valence-electron chi connectivity index (χ3n) is 4.44. The van der Waals surface area contributed by atoms with Crippen LogP contribution in [0.15, 0.2) is 50.6 Å². The van der Waals surface area contributed by atoms with Crippen LogP contribution < -0.4 is 9.41 Å². The molecule has 2 atom stereocenters. The van der Waals surface area contributed by atoms with Crippen LogP contribution in [0.5, 0.6) is 0 Å². The van der Waals surface area contributed by atoms with Gasteiger partial charge in [-0.1, -0.05) is 0 Å². The van der Waals surface area contributed by atoms with Crippen molar-refractivity contribution < 1.29 is 32.3 Å². The standard InChI is InChI=1S/C9H12P.C9H7.2FH.Hf/c1-2-6-10-7-8-4-3-5-9(8)10;1-2-5-9-7-3-6-8(9)4-1;;;/h4H,2-3,6-7H2,1H3;1-7H;2*1H;/q;;;;+2/p-2. The third-order valence-corrected chi connectivity index (χ3v) is 13.9. The maximum atomic E-state index is 2.55. The van der Waals surface area contributed by atoms with Gasteiger partial charge < -0.3 is 9.41 Å². The fourth-order valence-corrected chi connectivity index (χ4v) is 13.7. The average molecular weight is 483 g/mol. The van der Waals surface area contributed by atoms with E-state index in [4.69, 9.17) is 0 Å². The Morgan fingerprint density at radius 2 is 2.05 bits per heavy atom. The van der Waals surface area contributed by atoms with Gasteiger partial charge in [-0.3, -0.25) is 0 Å². The zero-order valence-electron chi connectivity index (χ0n) is 12.7. The maximum absolute atomic E-state index is 2.55. The van der Waals surface area contributed by atoms with Crippen molar-refractivity contribution in [2.45, 2.75) is 23.4 Å². The van der Waals surface area contributed by atoms with Crippen molar-refractivity contribution >= 4 is 14.0 Å². The molecule has 3 aliphatic rings. The van der Waals surface area contributed by atoms with Crippen LogP contribution in [0, 0.1) is 0 Å². The average Bonchev–Trinajstić information content (AvgIpc) is 2.98. The molecule has 0 aromatic heterocycles. The Kier molecular flexibility index (Phi) is 6.07. The Morgan fingerprint density at radius 3 is 2.86 bits per heavy atom. The number of hydrogen-bond donors (Lipinski definition) is 0. The number of halogens is 2. The van der Waals surface area contributed by atoms with Crippen molar-refractivity contribution in [2.75, 3.05) is 12.3 Å². The number of hydrogen-bond acceptors (Lipinski definition) is 0. The van der Waals surface area contributed by atoms with Gasteiger partial charge in [-0.2, -0.15) is 0 Å². The van der Waals surface area contributed by atoms with Crippen molar-refractivity contribution in [3.63, 3.8) is 0 Å². The van der Waals surface area contributed by atoms with Crippen LogP contribution in [0.4, 0.5) is 0 Å². The summed E-state index contributed by atoms with van der Waals surface area (Å²) in [4.78, 5) is 0. The molecule has 1 aromatic carbocycles. The molecule has 0 saturated carbocycles. The van der Waals surface area contributed by atoms with Crippen LogP contribution in [0.1, 0.15) is 34.6 Å². The van der Waals surface area contributed by atoms with Gasteiger partial charge in [0.15, 0.2) is 0 Å². The van der Waals surface area contributed by atoms with Crippen LogP contribution in [0.3, 0.4) is 0 Å². The molecule has 0 radical (unpaired) electrons. The minimum atomic E-state index is -0.732. The molecule has 0 spiro atoms. The summed E-state index contributed by atoms with van der Waals surface area (Å²) in [6, 6.07) is 9.02. The first-order valence-corrected chi connectivity index (χ1v) is 13.2. The quantitative estimate of drug-likeness (QED) is 0.393. The van der Waals surface area contributed by atoms with Crippen molar-refractivity contribution in [3.05, 3.63) is 61.8 Å². The molecule has 1 fully saturated rings. The molecule has 1 aromatic rings. The molecule has 114 valence electrons. The molecule has 0 amide bonds. The second-order valence-electron chi connectivity index (χ2n) is 5.79. The summed E-state index contributed by atoms with van der Waals surface area (Å²) in [5.74, 6) is 0. The molecule has 1 saturated heterocycles. The first-order chi connectivity index (χ1) is 9.86. The Balaban J connectivity index is 0.000000882. The normalized spacial score (nSPS) is 23.6. The molecular formula is C18H19F2HfP. The Hall–Kier alpha value is -0.400. The molecule has 2 unspecified atom stereocenters. The van der Waals surface area contributed by atoms with Crippen LogP contribution in [0.25, 0.3) is 6.08 Å². The number of allylic oxidation sites excluding steroid dienone is 5. The number of fused-ring (bicyclic) bond motifs is 2. The first-order valence-electron chi connectivity index (χ1n) is 7.58. The van der Waals surface area contributed by atoms with Gasteiger partial charge in [0, 0.05) is 0 Å². The van der Waals surface area contributed by atoms with Crippen molar-refractivity contribution in [1.29, 1.82) is 0 Å². The summed E-state index contributed by atoms with van der Waals surface area (Å²) in [5, 5.41) is 1.91. The van der Waals surface area contributed by atoms with E-state index in [9.17, 15) is 0 Å². The monoisotopic (exact) mass is 484 g/mol. The van der Waals surface area contributed by atoms with E-state index in [-0.39, 0.29) is 17.3 Å². The smallest absolute Gasteiger partial charge is 1.00 e. The third kappa shape index (κ3) is 2.99. The number of rotatable bonds is 4. The van der Waals surface area contributed by atoms with E-state index in [1.54, 1.807) is 11.1 Å². The summed E-state index contributed by atoms with van der Waals surface area (Å²) in [7, 11) is 0.271. The van der Waals surface area contributed by atoms with Crippen molar-refractivity contribution in [1.82, 2.24) is 0 Å². The molecule has 0 N–H and O–H groups in total. The fourth-order valence-electron chi connectivity index (χ4n) is 3.49. The molecular weight excluding hydrogens is 464 g/mol. The topological polar surface area (TPSA) is 0 Å². The summed E-state index contributed by atoms with van der Waals surface area (Å²) in [5.41, 5.74) is 4.85. The van der Waals surface area contributed by atoms with Crippen LogP contribution >= 0.6 is 7.92 Å². The second-order valence-corrected chi connectivity index (χ2v) is 13.5. The van der Waals surface area contributed by atoms with Gasteiger partial charge in [0.25, 0.3) is 0 Å². The van der Waals surface area contributed by atoms with Crippen LogP contribution in [-0.4, -0.2) is 12.3 Å². The van der Waals surface area contributed by atoms with Gasteiger partial charge in [0.1, 0.15) is 0 Å². The molecule has 1 aliphatic heterocycles. The fraction of sp³-hybridized carbons (Fsp3) is 0.333. The molecule has 0 nitrogen and oxygen atoms in total. The maximum Gasteiger partial charge on any atom is -1.00 e. The summed E-state index contributed by atoms with van der Waals surface area (Å²) < 4.78 is 2.78. The van der Waals surface area contributed by atoms with Crippen molar-refractivity contribution in [3.8, 4) is 0 Å². The molecule has 1 heterocycles.